The first kappa shape index (κ1) is 16.3. The lowest BCUT2D eigenvalue weighted by atomic mass is 9.81. The minimum atomic E-state index is -4.14. The Kier molecular flexibility index (Phi) is 5.64. The Labute approximate surface area is 111 Å². The van der Waals surface area contributed by atoms with Crippen molar-refractivity contribution in [3.8, 4) is 0 Å². The van der Waals surface area contributed by atoms with E-state index in [2.05, 4.69) is 5.32 Å². The third kappa shape index (κ3) is 4.67. The van der Waals surface area contributed by atoms with Gasteiger partial charge in [-0.25, -0.2) is 0 Å². The van der Waals surface area contributed by atoms with Gasteiger partial charge >= 0.3 is 6.18 Å². The molecule has 0 aliphatic heterocycles. The molecule has 2 N–H and O–H groups in total. The molecule has 3 nitrogen and oxygen atoms in total. The fourth-order valence-electron chi connectivity index (χ4n) is 2.33. The third-order valence-electron chi connectivity index (χ3n) is 4.07. The topological polar surface area (TPSA) is 49.3 Å². The van der Waals surface area contributed by atoms with Gasteiger partial charge < -0.3 is 10.4 Å². The fourth-order valence-corrected chi connectivity index (χ4v) is 2.33. The first-order chi connectivity index (χ1) is 8.75. The minimum Gasteiger partial charge on any atom is -0.396 e. The van der Waals surface area contributed by atoms with E-state index < -0.39 is 12.1 Å². The quantitative estimate of drug-likeness (QED) is 0.831. The van der Waals surface area contributed by atoms with Gasteiger partial charge in [0, 0.05) is 18.6 Å². The standard InChI is InChI=1S/C13H22F3NO2/c1-8(7-18)9(2)17-12(19)10-3-5-11(6-4-10)13(14,15)16/h8-11,18H,3-7H2,1-2H3,(H,17,19). The molecule has 0 aromatic rings. The van der Waals surface area contributed by atoms with Gasteiger partial charge in [0.2, 0.25) is 5.91 Å². The van der Waals surface area contributed by atoms with E-state index in [1.54, 1.807) is 6.92 Å². The van der Waals surface area contributed by atoms with Crippen molar-refractivity contribution in [2.24, 2.45) is 17.8 Å². The molecule has 1 rings (SSSR count). The molecular weight excluding hydrogens is 259 g/mol. The molecule has 0 aromatic heterocycles. The molecule has 2 atom stereocenters. The van der Waals surface area contributed by atoms with E-state index in [1.807, 2.05) is 6.92 Å². The van der Waals surface area contributed by atoms with Crippen LogP contribution in [0.1, 0.15) is 39.5 Å². The number of aliphatic hydroxyl groups excluding tert-OH is 1. The summed E-state index contributed by atoms with van der Waals surface area (Å²) >= 11 is 0. The van der Waals surface area contributed by atoms with E-state index in [-0.39, 0.29) is 56.1 Å². The highest BCUT2D eigenvalue weighted by molar-refractivity contribution is 5.79. The Bertz CT molecular complexity index is 299. The number of carbonyl (C=O) groups excluding carboxylic acids is 1. The zero-order valence-electron chi connectivity index (χ0n) is 11.3. The van der Waals surface area contributed by atoms with E-state index in [9.17, 15) is 18.0 Å². The number of amides is 1. The molecule has 0 heterocycles. The van der Waals surface area contributed by atoms with Crippen LogP contribution >= 0.6 is 0 Å². The molecule has 6 heteroatoms. The van der Waals surface area contributed by atoms with Crippen molar-refractivity contribution in [1.29, 1.82) is 0 Å². The zero-order valence-corrected chi connectivity index (χ0v) is 11.3. The Morgan fingerprint density at radius 3 is 2.21 bits per heavy atom. The molecule has 0 aromatic carbocycles. The summed E-state index contributed by atoms with van der Waals surface area (Å²) in [5, 5.41) is 11.8. The summed E-state index contributed by atoms with van der Waals surface area (Å²) in [6.07, 6.45) is -3.50. The highest BCUT2D eigenvalue weighted by Gasteiger charge is 2.42. The maximum atomic E-state index is 12.5. The average molecular weight is 281 g/mol. The van der Waals surface area contributed by atoms with E-state index in [4.69, 9.17) is 5.11 Å². The summed E-state index contributed by atoms with van der Waals surface area (Å²) in [6, 6.07) is -0.169. The number of alkyl halides is 3. The molecule has 1 amide bonds. The van der Waals surface area contributed by atoms with Crippen LogP contribution in [0.2, 0.25) is 0 Å². The second kappa shape index (κ2) is 6.59. The highest BCUT2D eigenvalue weighted by atomic mass is 19.4. The van der Waals surface area contributed by atoms with Crippen molar-refractivity contribution in [3.63, 3.8) is 0 Å². The Balaban J connectivity index is 2.41. The minimum absolute atomic E-state index is 0.0255. The predicted molar refractivity (Wildman–Crippen MR) is 65.4 cm³/mol. The normalized spacial score (nSPS) is 27.7. The number of nitrogens with one attached hydrogen (secondary N) is 1. The Morgan fingerprint density at radius 2 is 1.79 bits per heavy atom. The van der Waals surface area contributed by atoms with E-state index in [1.165, 1.54) is 0 Å². The maximum Gasteiger partial charge on any atom is 0.391 e. The van der Waals surface area contributed by atoms with Gasteiger partial charge in [-0.2, -0.15) is 13.2 Å². The van der Waals surface area contributed by atoms with Gasteiger partial charge in [-0.3, -0.25) is 4.79 Å². The van der Waals surface area contributed by atoms with Gasteiger partial charge in [0.25, 0.3) is 0 Å². The van der Waals surface area contributed by atoms with E-state index in [0.29, 0.717) is 0 Å². The smallest absolute Gasteiger partial charge is 0.391 e. The average Bonchev–Trinajstić information content (AvgIpc) is 2.36. The van der Waals surface area contributed by atoms with Crippen LogP contribution in [-0.4, -0.2) is 29.8 Å². The molecule has 1 aliphatic carbocycles. The van der Waals surface area contributed by atoms with Crippen LogP contribution in [0.15, 0.2) is 0 Å². The molecule has 1 fully saturated rings. The monoisotopic (exact) mass is 281 g/mol. The van der Waals surface area contributed by atoms with E-state index >= 15 is 0 Å². The van der Waals surface area contributed by atoms with Gasteiger partial charge in [0.1, 0.15) is 0 Å². The van der Waals surface area contributed by atoms with Crippen LogP contribution in [0.5, 0.6) is 0 Å². The molecule has 0 spiro atoms. The third-order valence-corrected chi connectivity index (χ3v) is 4.07. The Morgan fingerprint density at radius 1 is 1.26 bits per heavy atom. The largest absolute Gasteiger partial charge is 0.396 e. The lowest BCUT2D eigenvalue weighted by molar-refractivity contribution is -0.184. The van der Waals surface area contributed by atoms with Crippen LogP contribution in [0.3, 0.4) is 0 Å². The second-order valence-electron chi connectivity index (χ2n) is 5.55. The lowest BCUT2D eigenvalue weighted by Crippen LogP contribution is -2.43. The van der Waals surface area contributed by atoms with Crippen LogP contribution < -0.4 is 5.32 Å². The van der Waals surface area contributed by atoms with Crippen molar-refractivity contribution < 1.29 is 23.1 Å². The Hall–Kier alpha value is -0.780. The van der Waals surface area contributed by atoms with Gasteiger partial charge in [0.15, 0.2) is 0 Å². The SMILES string of the molecule is CC(CO)C(C)NC(=O)C1CCC(C(F)(F)F)CC1. The second-order valence-corrected chi connectivity index (χ2v) is 5.55. The summed E-state index contributed by atoms with van der Waals surface area (Å²) in [5.41, 5.74) is 0. The molecule has 19 heavy (non-hydrogen) atoms. The van der Waals surface area contributed by atoms with Crippen molar-refractivity contribution in [2.75, 3.05) is 6.61 Å². The first-order valence-electron chi connectivity index (χ1n) is 6.73. The molecular formula is C13H22F3NO2. The maximum absolute atomic E-state index is 12.5. The number of hydrogen-bond donors (Lipinski definition) is 2. The molecule has 0 bridgehead atoms. The number of rotatable bonds is 4. The summed E-state index contributed by atoms with van der Waals surface area (Å²) in [4.78, 5) is 11.9. The van der Waals surface area contributed by atoms with Crippen molar-refractivity contribution in [3.05, 3.63) is 0 Å². The summed E-state index contributed by atoms with van der Waals surface area (Å²) in [5.74, 6) is -1.83. The number of carbonyl (C=O) groups is 1. The van der Waals surface area contributed by atoms with Gasteiger partial charge in [-0.15, -0.1) is 0 Å². The highest BCUT2D eigenvalue weighted by Crippen LogP contribution is 2.39. The number of hydrogen-bond acceptors (Lipinski definition) is 2. The molecule has 112 valence electrons. The van der Waals surface area contributed by atoms with Gasteiger partial charge in [0.05, 0.1) is 5.92 Å². The lowest BCUT2D eigenvalue weighted by Gasteiger charge is -2.30. The van der Waals surface area contributed by atoms with Crippen LogP contribution in [0, 0.1) is 17.8 Å². The predicted octanol–water partition coefficient (Wildman–Crippen LogP) is 2.49. The van der Waals surface area contributed by atoms with Crippen LogP contribution in [-0.2, 0) is 4.79 Å². The summed E-state index contributed by atoms with van der Waals surface area (Å²) < 4.78 is 37.5. The van der Waals surface area contributed by atoms with E-state index in [0.717, 1.165) is 0 Å². The first-order valence-corrected chi connectivity index (χ1v) is 6.73. The summed E-state index contributed by atoms with van der Waals surface area (Å²) in [7, 11) is 0. The van der Waals surface area contributed by atoms with Crippen molar-refractivity contribution in [2.45, 2.75) is 51.7 Å². The summed E-state index contributed by atoms with van der Waals surface area (Å²) in [6.45, 7) is 3.58. The van der Waals surface area contributed by atoms with Gasteiger partial charge in [-0.1, -0.05) is 6.92 Å². The van der Waals surface area contributed by atoms with Crippen molar-refractivity contribution in [1.82, 2.24) is 5.32 Å². The van der Waals surface area contributed by atoms with Crippen LogP contribution in [0.4, 0.5) is 13.2 Å². The zero-order chi connectivity index (χ0) is 14.6. The molecule has 1 saturated carbocycles. The number of aliphatic hydroxyl groups is 1. The van der Waals surface area contributed by atoms with Gasteiger partial charge in [-0.05, 0) is 38.5 Å². The molecule has 0 saturated heterocycles. The van der Waals surface area contributed by atoms with Crippen molar-refractivity contribution >= 4 is 5.91 Å². The molecule has 2 unspecified atom stereocenters. The molecule has 0 radical (unpaired) electrons. The fraction of sp³-hybridized carbons (Fsp3) is 0.923. The molecule has 1 aliphatic rings. The number of halogens is 3. The van der Waals surface area contributed by atoms with Crippen LogP contribution in [0.25, 0.3) is 0 Å².